The fraction of sp³-hybridized carbons (Fsp3) is 0.429. The molecule has 0 aliphatic rings. The van der Waals surface area contributed by atoms with Crippen LogP contribution in [0.3, 0.4) is 0 Å². The maximum absolute atomic E-state index is 13.3. The van der Waals surface area contributed by atoms with E-state index in [9.17, 15) is 13.2 Å². The van der Waals surface area contributed by atoms with Gasteiger partial charge in [-0.2, -0.15) is 13.2 Å². The normalized spacial score (nSPS) is 15.7. The molecule has 0 saturated heterocycles. The molecule has 0 fully saturated rings. The third-order valence-corrected chi connectivity index (χ3v) is 3.57. The second-order valence-electron chi connectivity index (χ2n) is 4.63. The van der Waals surface area contributed by atoms with Crippen LogP contribution in [0.2, 0.25) is 0 Å². The molecule has 2 rings (SSSR count). The molecule has 19 heavy (non-hydrogen) atoms. The minimum atomic E-state index is -4.43. The van der Waals surface area contributed by atoms with Gasteiger partial charge in [-0.3, -0.25) is 0 Å². The number of furan rings is 1. The van der Waals surface area contributed by atoms with Gasteiger partial charge in [0.1, 0.15) is 11.3 Å². The first-order valence-corrected chi connectivity index (χ1v) is 6.11. The van der Waals surface area contributed by atoms with Crippen molar-refractivity contribution in [2.45, 2.75) is 32.0 Å². The molecule has 0 radical (unpaired) electrons. The van der Waals surface area contributed by atoms with Gasteiger partial charge in [-0.05, 0) is 26.5 Å². The quantitative estimate of drug-likeness (QED) is 0.913. The molecule has 1 N–H and O–H groups in total. The van der Waals surface area contributed by atoms with Gasteiger partial charge in [-0.1, -0.05) is 25.1 Å². The zero-order valence-electron chi connectivity index (χ0n) is 11.1. The Morgan fingerprint density at radius 3 is 2.37 bits per heavy atom. The lowest BCUT2D eigenvalue weighted by Gasteiger charge is -2.30. The molecule has 1 aromatic heterocycles. The fourth-order valence-corrected chi connectivity index (χ4v) is 2.24. The number of para-hydroxylation sites is 1. The average molecular weight is 271 g/mol. The molecule has 2 nitrogen and oxygen atoms in total. The number of halogens is 3. The van der Waals surface area contributed by atoms with Gasteiger partial charge in [0.2, 0.25) is 0 Å². The summed E-state index contributed by atoms with van der Waals surface area (Å²) in [6.45, 7) is 2.93. The van der Waals surface area contributed by atoms with Crippen molar-refractivity contribution in [2.24, 2.45) is 0 Å². The summed E-state index contributed by atoms with van der Waals surface area (Å²) in [6.07, 6.45) is -3.95. The van der Waals surface area contributed by atoms with E-state index in [1.165, 1.54) is 7.05 Å². The molecular formula is C14H16F3NO. The summed E-state index contributed by atoms with van der Waals surface area (Å²) in [4.78, 5) is 0. The van der Waals surface area contributed by atoms with Gasteiger partial charge < -0.3 is 9.73 Å². The lowest BCUT2D eigenvalue weighted by Crippen LogP contribution is -2.50. The van der Waals surface area contributed by atoms with Crippen LogP contribution in [0.1, 0.15) is 25.2 Å². The first-order valence-electron chi connectivity index (χ1n) is 6.11. The van der Waals surface area contributed by atoms with E-state index in [0.717, 1.165) is 12.3 Å². The molecule has 0 amide bonds. The monoisotopic (exact) mass is 271 g/mol. The van der Waals surface area contributed by atoms with Crippen LogP contribution in [0.15, 0.2) is 28.7 Å². The van der Waals surface area contributed by atoms with Crippen LogP contribution < -0.4 is 5.32 Å². The van der Waals surface area contributed by atoms with E-state index in [1.807, 2.05) is 6.92 Å². The highest BCUT2D eigenvalue weighted by molar-refractivity contribution is 5.82. The molecule has 0 aliphatic heterocycles. The second-order valence-corrected chi connectivity index (χ2v) is 4.63. The third-order valence-electron chi connectivity index (χ3n) is 3.57. The minimum absolute atomic E-state index is 0.0498. The summed E-state index contributed by atoms with van der Waals surface area (Å²) < 4.78 is 45.4. The van der Waals surface area contributed by atoms with Crippen LogP contribution in [0, 0.1) is 0 Å². The Balaban J connectivity index is 2.74. The zero-order valence-corrected chi connectivity index (χ0v) is 11.1. The van der Waals surface area contributed by atoms with Crippen molar-refractivity contribution in [2.75, 3.05) is 7.05 Å². The van der Waals surface area contributed by atoms with Crippen molar-refractivity contribution in [3.8, 4) is 0 Å². The molecule has 0 aliphatic carbocycles. The second kappa shape index (κ2) is 4.56. The van der Waals surface area contributed by atoms with Crippen LogP contribution in [-0.4, -0.2) is 13.2 Å². The highest BCUT2D eigenvalue weighted by Gasteiger charge is 2.54. The Labute approximate surface area is 109 Å². The highest BCUT2D eigenvalue weighted by Crippen LogP contribution is 2.43. The van der Waals surface area contributed by atoms with Gasteiger partial charge in [0.05, 0.1) is 0 Å². The predicted octanol–water partition coefficient (Wildman–Crippen LogP) is 3.99. The Bertz CT molecular complexity index is 588. The molecule has 2 aromatic rings. The number of hydrogen-bond acceptors (Lipinski definition) is 2. The van der Waals surface area contributed by atoms with Crippen molar-refractivity contribution in [1.29, 1.82) is 0 Å². The van der Waals surface area contributed by atoms with E-state index >= 15 is 0 Å². The standard InChI is InChI=1S/C14H16F3NO/c1-4-9-10-7-5-6-8-11(10)19-12(9)13(2,18-3)14(15,16)17/h5-8,18H,4H2,1-3H3. The van der Waals surface area contributed by atoms with Gasteiger partial charge in [0, 0.05) is 10.9 Å². The third kappa shape index (κ3) is 2.02. The average Bonchev–Trinajstić information content (AvgIpc) is 2.75. The molecular weight excluding hydrogens is 255 g/mol. The molecule has 0 spiro atoms. The van der Waals surface area contributed by atoms with Crippen molar-refractivity contribution in [3.63, 3.8) is 0 Å². The summed E-state index contributed by atoms with van der Waals surface area (Å²) in [5.41, 5.74) is -1.10. The van der Waals surface area contributed by atoms with Gasteiger partial charge in [-0.25, -0.2) is 0 Å². The van der Waals surface area contributed by atoms with Crippen molar-refractivity contribution < 1.29 is 17.6 Å². The van der Waals surface area contributed by atoms with E-state index in [1.54, 1.807) is 24.3 Å². The number of aryl methyl sites for hydroxylation is 1. The van der Waals surface area contributed by atoms with Gasteiger partial charge in [-0.15, -0.1) is 0 Å². The molecule has 0 bridgehead atoms. The molecule has 1 atom stereocenters. The van der Waals surface area contributed by atoms with Crippen LogP contribution in [-0.2, 0) is 12.0 Å². The van der Waals surface area contributed by atoms with E-state index in [2.05, 4.69) is 5.32 Å². The van der Waals surface area contributed by atoms with Gasteiger partial charge in [0.15, 0.2) is 5.54 Å². The predicted molar refractivity (Wildman–Crippen MR) is 68.1 cm³/mol. The number of fused-ring (bicyclic) bond motifs is 1. The number of rotatable bonds is 3. The van der Waals surface area contributed by atoms with Gasteiger partial charge >= 0.3 is 6.18 Å². The lowest BCUT2D eigenvalue weighted by molar-refractivity contribution is -0.198. The van der Waals surface area contributed by atoms with Crippen molar-refractivity contribution in [1.82, 2.24) is 5.32 Å². The van der Waals surface area contributed by atoms with E-state index < -0.39 is 11.7 Å². The van der Waals surface area contributed by atoms with Crippen molar-refractivity contribution in [3.05, 3.63) is 35.6 Å². The maximum atomic E-state index is 13.3. The van der Waals surface area contributed by atoms with Crippen LogP contribution in [0.25, 0.3) is 11.0 Å². The first-order chi connectivity index (χ1) is 8.85. The largest absolute Gasteiger partial charge is 0.458 e. The number of alkyl halides is 3. The smallest absolute Gasteiger partial charge is 0.413 e. The fourth-order valence-electron chi connectivity index (χ4n) is 2.24. The van der Waals surface area contributed by atoms with Crippen LogP contribution in [0.5, 0.6) is 0 Å². The molecule has 1 aromatic carbocycles. The van der Waals surface area contributed by atoms with Gasteiger partial charge in [0.25, 0.3) is 0 Å². The summed E-state index contributed by atoms with van der Waals surface area (Å²) in [6, 6.07) is 7.02. The van der Waals surface area contributed by atoms with E-state index in [-0.39, 0.29) is 5.76 Å². The van der Waals surface area contributed by atoms with Crippen molar-refractivity contribution >= 4 is 11.0 Å². The summed E-state index contributed by atoms with van der Waals surface area (Å²) in [7, 11) is 1.29. The maximum Gasteiger partial charge on any atom is 0.413 e. The Hall–Kier alpha value is -1.49. The highest BCUT2D eigenvalue weighted by atomic mass is 19.4. The molecule has 0 saturated carbocycles. The summed E-state index contributed by atoms with van der Waals surface area (Å²) in [5.74, 6) is -0.0498. The molecule has 5 heteroatoms. The molecule has 1 heterocycles. The lowest BCUT2D eigenvalue weighted by atomic mass is 9.93. The van der Waals surface area contributed by atoms with E-state index in [4.69, 9.17) is 4.42 Å². The zero-order chi connectivity index (χ0) is 14.3. The SMILES string of the molecule is CCc1c(C(C)(NC)C(F)(F)F)oc2ccccc12. The van der Waals surface area contributed by atoms with Crippen LogP contribution in [0.4, 0.5) is 13.2 Å². The Morgan fingerprint density at radius 1 is 1.21 bits per heavy atom. The minimum Gasteiger partial charge on any atom is -0.458 e. The molecule has 1 unspecified atom stereocenters. The first kappa shape index (κ1) is 13.9. The molecule has 104 valence electrons. The summed E-state index contributed by atoms with van der Waals surface area (Å²) >= 11 is 0. The van der Waals surface area contributed by atoms with Crippen LogP contribution >= 0.6 is 0 Å². The van der Waals surface area contributed by atoms with E-state index in [0.29, 0.717) is 17.6 Å². The number of hydrogen-bond donors (Lipinski definition) is 1. The number of nitrogens with one attached hydrogen (secondary N) is 1. The Morgan fingerprint density at radius 2 is 1.84 bits per heavy atom. The summed E-state index contributed by atoms with van der Waals surface area (Å²) in [5, 5.41) is 3.09. The topological polar surface area (TPSA) is 25.2 Å². The Kier molecular flexibility index (Phi) is 3.34. The number of benzene rings is 1.